The van der Waals surface area contributed by atoms with Crippen LogP contribution in [0.2, 0.25) is 0 Å². The Kier molecular flexibility index (Phi) is 5.55. The lowest BCUT2D eigenvalue weighted by Gasteiger charge is -2.22. The van der Waals surface area contributed by atoms with E-state index in [1.54, 1.807) is 14.2 Å². The second-order valence-corrected chi connectivity index (χ2v) is 8.64. The van der Waals surface area contributed by atoms with Gasteiger partial charge in [-0.1, -0.05) is 36.4 Å². The number of aromatic nitrogens is 1. The van der Waals surface area contributed by atoms with Gasteiger partial charge in [0.25, 0.3) is 0 Å². The van der Waals surface area contributed by atoms with E-state index < -0.39 is 0 Å². The molecule has 4 aromatic rings. The number of nitrogens with zero attached hydrogens (tertiary/aromatic N) is 2. The molecule has 0 spiro atoms. The van der Waals surface area contributed by atoms with Crippen molar-refractivity contribution in [3.05, 3.63) is 89.6 Å². The van der Waals surface area contributed by atoms with E-state index in [1.165, 1.54) is 5.56 Å². The number of amides is 1. The lowest BCUT2D eigenvalue weighted by Crippen LogP contribution is -2.36. The van der Waals surface area contributed by atoms with Crippen LogP contribution < -0.4 is 14.4 Å². The van der Waals surface area contributed by atoms with E-state index in [1.807, 2.05) is 47.4 Å². The van der Waals surface area contributed by atoms with Crippen LogP contribution in [-0.2, 0) is 24.2 Å². The van der Waals surface area contributed by atoms with E-state index in [2.05, 4.69) is 42.0 Å². The van der Waals surface area contributed by atoms with Crippen LogP contribution in [0.15, 0.2) is 72.9 Å². The first-order valence-corrected chi connectivity index (χ1v) is 11.3. The maximum atomic E-state index is 13.4. The fourth-order valence-electron chi connectivity index (χ4n) is 4.94. The average molecular weight is 441 g/mol. The molecular weight excluding hydrogens is 412 g/mol. The van der Waals surface area contributed by atoms with Crippen LogP contribution in [0, 0.1) is 0 Å². The molecule has 2 heterocycles. The summed E-state index contributed by atoms with van der Waals surface area (Å²) in [5.74, 6) is 1.66. The van der Waals surface area contributed by atoms with Gasteiger partial charge in [-0.15, -0.1) is 0 Å². The number of methoxy groups -OCH3 is 2. The first-order chi connectivity index (χ1) is 16.1. The molecule has 5 heteroatoms. The second kappa shape index (κ2) is 8.66. The van der Waals surface area contributed by atoms with Gasteiger partial charge in [0.1, 0.15) is 11.5 Å². The highest BCUT2D eigenvalue weighted by Crippen LogP contribution is 2.33. The Labute approximate surface area is 194 Å². The van der Waals surface area contributed by atoms with Crippen LogP contribution >= 0.6 is 0 Å². The molecule has 0 fully saturated rings. The summed E-state index contributed by atoms with van der Waals surface area (Å²) in [5.41, 5.74) is 5.51. The Hall–Kier alpha value is -3.73. The van der Waals surface area contributed by atoms with E-state index in [0.29, 0.717) is 13.0 Å². The van der Waals surface area contributed by atoms with Crippen molar-refractivity contribution < 1.29 is 14.3 Å². The zero-order valence-corrected chi connectivity index (χ0v) is 19.2. The highest BCUT2D eigenvalue weighted by Gasteiger charge is 2.30. The molecule has 1 aliphatic rings. The molecule has 0 N–H and O–H groups in total. The first kappa shape index (κ1) is 21.1. The van der Waals surface area contributed by atoms with Crippen LogP contribution in [0.25, 0.3) is 10.9 Å². The molecule has 0 saturated carbocycles. The van der Waals surface area contributed by atoms with Gasteiger partial charge in [-0.2, -0.15) is 0 Å². The Morgan fingerprint density at radius 2 is 1.67 bits per heavy atom. The van der Waals surface area contributed by atoms with Crippen molar-refractivity contribution in [3.8, 4) is 11.5 Å². The zero-order valence-electron chi connectivity index (χ0n) is 19.2. The van der Waals surface area contributed by atoms with Gasteiger partial charge in [-0.3, -0.25) is 4.79 Å². The molecule has 5 nitrogen and oxygen atoms in total. The SMILES string of the molecule is COc1cc(Cn2cc(CC(=O)N3c4ccccc4CC3C)c3ccccc32)cc(OC)c1. The van der Waals surface area contributed by atoms with E-state index in [9.17, 15) is 4.79 Å². The molecule has 1 atom stereocenters. The summed E-state index contributed by atoms with van der Waals surface area (Å²) >= 11 is 0. The van der Waals surface area contributed by atoms with Crippen LogP contribution in [0.3, 0.4) is 0 Å². The van der Waals surface area contributed by atoms with Crippen LogP contribution in [0.4, 0.5) is 5.69 Å². The largest absolute Gasteiger partial charge is 0.497 e. The van der Waals surface area contributed by atoms with Crippen molar-refractivity contribution in [1.29, 1.82) is 0 Å². The predicted molar refractivity (Wildman–Crippen MR) is 131 cm³/mol. The van der Waals surface area contributed by atoms with E-state index in [4.69, 9.17) is 9.47 Å². The molecule has 1 unspecified atom stereocenters. The minimum absolute atomic E-state index is 0.137. The van der Waals surface area contributed by atoms with Crippen molar-refractivity contribution in [3.63, 3.8) is 0 Å². The summed E-state index contributed by atoms with van der Waals surface area (Å²) in [7, 11) is 3.32. The molecule has 3 aromatic carbocycles. The van der Waals surface area contributed by atoms with Gasteiger partial charge in [0.15, 0.2) is 0 Å². The van der Waals surface area contributed by atoms with Gasteiger partial charge < -0.3 is 18.9 Å². The number of carbonyl (C=O) groups excluding carboxylic acids is 1. The molecule has 0 bridgehead atoms. The van der Waals surface area contributed by atoms with Crippen LogP contribution in [-0.4, -0.2) is 30.7 Å². The lowest BCUT2D eigenvalue weighted by molar-refractivity contribution is -0.118. The number of fused-ring (bicyclic) bond motifs is 2. The smallest absolute Gasteiger partial charge is 0.231 e. The summed E-state index contributed by atoms with van der Waals surface area (Å²) in [6.45, 7) is 2.78. The number of ether oxygens (including phenoxy) is 2. The van der Waals surface area contributed by atoms with E-state index >= 15 is 0 Å². The molecule has 33 heavy (non-hydrogen) atoms. The highest BCUT2D eigenvalue weighted by molar-refractivity contribution is 5.99. The fraction of sp³-hybridized carbons (Fsp3) is 0.250. The number of hydrogen-bond donors (Lipinski definition) is 0. The summed E-state index contributed by atoms with van der Waals surface area (Å²) in [4.78, 5) is 15.4. The maximum absolute atomic E-state index is 13.4. The normalized spacial score (nSPS) is 15.0. The topological polar surface area (TPSA) is 43.7 Å². The van der Waals surface area contributed by atoms with Gasteiger partial charge >= 0.3 is 0 Å². The molecule has 1 amide bonds. The average Bonchev–Trinajstić information content (AvgIpc) is 3.35. The number of hydrogen-bond acceptors (Lipinski definition) is 3. The van der Waals surface area contributed by atoms with Crippen LogP contribution in [0.1, 0.15) is 23.6 Å². The molecule has 1 aromatic heterocycles. The van der Waals surface area contributed by atoms with Crippen molar-refractivity contribution in [1.82, 2.24) is 4.57 Å². The summed E-state index contributed by atoms with van der Waals surface area (Å²) in [6.07, 6.45) is 3.39. The molecule has 1 aliphatic heterocycles. The molecule has 0 aliphatic carbocycles. The van der Waals surface area contributed by atoms with E-state index in [-0.39, 0.29) is 11.9 Å². The van der Waals surface area contributed by atoms with Gasteiger partial charge in [-0.25, -0.2) is 0 Å². The molecular formula is C28H28N2O3. The van der Waals surface area contributed by atoms with E-state index in [0.717, 1.165) is 45.6 Å². The first-order valence-electron chi connectivity index (χ1n) is 11.3. The van der Waals surface area contributed by atoms with Crippen molar-refractivity contribution in [2.75, 3.05) is 19.1 Å². The monoisotopic (exact) mass is 440 g/mol. The summed E-state index contributed by atoms with van der Waals surface area (Å²) in [6, 6.07) is 22.6. The number of anilines is 1. The number of rotatable bonds is 6. The van der Waals surface area contributed by atoms with Gasteiger partial charge in [0.05, 0.1) is 20.6 Å². The lowest BCUT2D eigenvalue weighted by atomic mass is 10.1. The third-order valence-electron chi connectivity index (χ3n) is 6.45. The fourth-order valence-corrected chi connectivity index (χ4v) is 4.94. The molecule has 0 radical (unpaired) electrons. The van der Waals surface area contributed by atoms with Gasteiger partial charge in [0, 0.05) is 41.4 Å². The summed E-state index contributed by atoms with van der Waals surface area (Å²) in [5, 5.41) is 1.11. The number of para-hydroxylation sites is 2. The zero-order chi connectivity index (χ0) is 22.9. The van der Waals surface area contributed by atoms with Crippen molar-refractivity contribution >= 4 is 22.5 Å². The van der Waals surface area contributed by atoms with Gasteiger partial charge in [0.2, 0.25) is 5.91 Å². The minimum Gasteiger partial charge on any atom is -0.497 e. The van der Waals surface area contributed by atoms with Crippen molar-refractivity contribution in [2.45, 2.75) is 32.4 Å². The number of carbonyl (C=O) groups is 1. The van der Waals surface area contributed by atoms with Crippen LogP contribution in [0.5, 0.6) is 11.5 Å². The molecule has 5 rings (SSSR count). The Morgan fingerprint density at radius 1 is 0.970 bits per heavy atom. The quantitative estimate of drug-likeness (QED) is 0.413. The van der Waals surface area contributed by atoms with Crippen molar-refractivity contribution in [2.24, 2.45) is 0 Å². The predicted octanol–water partition coefficient (Wildman–Crippen LogP) is 5.23. The third-order valence-corrected chi connectivity index (χ3v) is 6.45. The minimum atomic E-state index is 0.137. The molecule has 0 saturated heterocycles. The second-order valence-electron chi connectivity index (χ2n) is 8.64. The Bertz CT molecular complexity index is 1300. The highest BCUT2D eigenvalue weighted by atomic mass is 16.5. The number of benzene rings is 3. The maximum Gasteiger partial charge on any atom is 0.231 e. The Balaban J connectivity index is 1.47. The summed E-state index contributed by atoms with van der Waals surface area (Å²) < 4.78 is 13.1. The third kappa shape index (κ3) is 3.95. The standard InChI is InChI=1S/C28H28N2O3/c1-19-12-21-8-4-6-10-26(21)30(19)28(31)15-22-18-29(27-11-7-5-9-25(22)27)17-20-13-23(32-2)16-24(14-20)33-3/h4-11,13-14,16,18-19H,12,15,17H2,1-3H3. The van der Waals surface area contributed by atoms with Gasteiger partial charge in [-0.05, 0) is 54.3 Å². The molecule has 168 valence electrons. The Morgan fingerprint density at radius 3 is 2.42 bits per heavy atom.